The van der Waals surface area contributed by atoms with Gasteiger partial charge in [0.15, 0.2) is 0 Å². The van der Waals surface area contributed by atoms with Gasteiger partial charge >= 0.3 is 0 Å². The molecule has 22 heavy (non-hydrogen) atoms. The van der Waals surface area contributed by atoms with E-state index in [1.54, 1.807) is 0 Å². The van der Waals surface area contributed by atoms with Crippen molar-refractivity contribution in [2.24, 2.45) is 0 Å². The molecule has 3 nitrogen and oxygen atoms in total. The standard InChI is InChI=1S/C16H17ClN2OS.ClH/c1-10(14-4-5-15(17)21-14)16(20)19-7-11-2-3-12-8-18-9-13(12)6-11;/h2-6,10,18H,7-9H2,1H3,(H,19,20);1H. The van der Waals surface area contributed by atoms with E-state index >= 15 is 0 Å². The molecule has 2 heterocycles. The van der Waals surface area contributed by atoms with Crippen molar-refractivity contribution in [3.05, 3.63) is 56.2 Å². The second kappa shape index (κ2) is 7.47. The average Bonchev–Trinajstić information content (AvgIpc) is 3.11. The Labute approximate surface area is 145 Å². The van der Waals surface area contributed by atoms with Crippen molar-refractivity contribution in [1.82, 2.24) is 10.6 Å². The predicted octanol–water partition coefficient (Wildman–Crippen LogP) is 3.85. The van der Waals surface area contributed by atoms with Crippen LogP contribution < -0.4 is 10.6 Å². The maximum Gasteiger partial charge on any atom is 0.228 e. The van der Waals surface area contributed by atoms with Crippen LogP contribution in [0, 0.1) is 0 Å². The Morgan fingerprint density at radius 3 is 2.82 bits per heavy atom. The Kier molecular flexibility index (Phi) is 5.87. The number of carbonyl (C=O) groups is 1. The fraction of sp³-hybridized carbons (Fsp3) is 0.312. The van der Waals surface area contributed by atoms with Crippen LogP contribution in [0.15, 0.2) is 30.3 Å². The third-order valence-corrected chi connectivity index (χ3v) is 5.20. The summed E-state index contributed by atoms with van der Waals surface area (Å²) >= 11 is 7.38. The van der Waals surface area contributed by atoms with Crippen LogP contribution in [0.3, 0.4) is 0 Å². The van der Waals surface area contributed by atoms with Crippen molar-refractivity contribution in [1.29, 1.82) is 0 Å². The Hall–Kier alpha value is -1.07. The number of carbonyl (C=O) groups excluding carboxylic acids is 1. The van der Waals surface area contributed by atoms with Gasteiger partial charge in [0.2, 0.25) is 5.91 Å². The lowest BCUT2D eigenvalue weighted by Gasteiger charge is -2.11. The van der Waals surface area contributed by atoms with Gasteiger partial charge in [-0.1, -0.05) is 29.8 Å². The second-order valence-electron chi connectivity index (χ2n) is 5.29. The lowest BCUT2D eigenvalue weighted by atomic mass is 10.1. The quantitative estimate of drug-likeness (QED) is 0.873. The van der Waals surface area contributed by atoms with E-state index in [-0.39, 0.29) is 24.2 Å². The van der Waals surface area contributed by atoms with E-state index in [9.17, 15) is 4.79 Å². The predicted molar refractivity (Wildman–Crippen MR) is 93.8 cm³/mol. The zero-order valence-electron chi connectivity index (χ0n) is 12.2. The minimum absolute atomic E-state index is 0. The number of fused-ring (bicyclic) bond motifs is 1. The first-order chi connectivity index (χ1) is 10.1. The molecule has 1 unspecified atom stereocenters. The Bertz CT molecular complexity index is 672. The van der Waals surface area contributed by atoms with Gasteiger partial charge in [-0.15, -0.1) is 23.7 Å². The van der Waals surface area contributed by atoms with E-state index in [4.69, 9.17) is 11.6 Å². The molecular formula is C16H18Cl2N2OS. The molecule has 0 spiro atoms. The number of amides is 1. The van der Waals surface area contributed by atoms with Crippen LogP contribution in [0.5, 0.6) is 0 Å². The van der Waals surface area contributed by atoms with E-state index in [0.29, 0.717) is 6.54 Å². The molecule has 1 aromatic heterocycles. The Morgan fingerprint density at radius 2 is 2.09 bits per heavy atom. The summed E-state index contributed by atoms with van der Waals surface area (Å²) in [5.74, 6) is -0.134. The van der Waals surface area contributed by atoms with Crippen LogP contribution in [0.1, 0.15) is 34.4 Å². The Morgan fingerprint density at radius 1 is 1.32 bits per heavy atom. The summed E-state index contributed by atoms with van der Waals surface area (Å²) in [6, 6.07) is 10.1. The van der Waals surface area contributed by atoms with Crippen LogP contribution in [-0.2, 0) is 24.4 Å². The highest BCUT2D eigenvalue weighted by atomic mass is 35.5. The number of halogens is 2. The van der Waals surface area contributed by atoms with Gasteiger partial charge in [0.25, 0.3) is 0 Å². The molecule has 0 bridgehead atoms. The largest absolute Gasteiger partial charge is 0.351 e. The van der Waals surface area contributed by atoms with Gasteiger partial charge in [0, 0.05) is 24.5 Å². The monoisotopic (exact) mass is 356 g/mol. The highest BCUT2D eigenvalue weighted by Crippen LogP contribution is 2.28. The summed E-state index contributed by atoms with van der Waals surface area (Å²) < 4.78 is 0.718. The lowest BCUT2D eigenvalue weighted by Crippen LogP contribution is -2.27. The minimum Gasteiger partial charge on any atom is -0.351 e. The summed E-state index contributed by atoms with van der Waals surface area (Å²) in [7, 11) is 0. The van der Waals surface area contributed by atoms with Gasteiger partial charge in [-0.25, -0.2) is 0 Å². The summed E-state index contributed by atoms with van der Waals surface area (Å²) in [6.07, 6.45) is 0. The van der Waals surface area contributed by atoms with Gasteiger partial charge in [-0.3, -0.25) is 4.79 Å². The fourth-order valence-electron chi connectivity index (χ4n) is 2.49. The summed E-state index contributed by atoms with van der Waals surface area (Å²) in [5.41, 5.74) is 3.83. The molecule has 2 N–H and O–H groups in total. The summed E-state index contributed by atoms with van der Waals surface area (Å²) in [5, 5.41) is 6.33. The molecular weight excluding hydrogens is 339 g/mol. The lowest BCUT2D eigenvalue weighted by molar-refractivity contribution is -0.122. The summed E-state index contributed by atoms with van der Waals surface area (Å²) in [4.78, 5) is 13.2. The topological polar surface area (TPSA) is 41.1 Å². The van der Waals surface area contributed by atoms with Crippen molar-refractivity contribution in [3.63, 3.8) is 0 Å². The highest BCUT2D eigenvalue weighted by Gasteiger charge is 2.17. The molecule has 1 amide bonds. The van der Waals surface area contributed by atoms with Gasteiger partial charge in [0.1, 0.15) is 0 Å². The van der Waals surface area contributed by atoms with Crippen molar-refractivity contribution in [2.45, 2.75) is 32.5 Å². The van der Waals surface area contributed by atoms with E-state index in [2.05, 4.69) is 28.8 Å². The molecule has 0 fully saturated rings. The number of nitrogens with one attached hydrogen (secondary N) is 2. The molecule has 6 heteroatoms. The van der Waals surface area contributed by atoms with Crippen molar-refractivity contribution < 1.29 is 4.79 Å². The van der Waals surface area contributed by atoms with Crippen LogP contribution in [0.25, 0.3) is 0 Å². The average molecular weight is 357 g/mol. The molecule has 0 aliphatic carbocycles. The number of benzene rings is 1. The second-order valence-corrected chi connectivity index (χ2v) is 7.03. The zero-order valence-corrected chi connectivity index (χ0v) is 14.6. The number of hydrogen-bond donors (Lipinski definition) is 2. The molecule has 118 valence electrons. The first-order valence-corrected chi connectivity index (χ1v) is 8.17. The van der Waals surface area contributed by atoms with Crippen LogP contribution in [0.4, 0.5) is 0 Å². The van der Waals surface area contributed by atoms with Crippen molar-refractivity contribution >= 4 is 41.3 Å². The maximum atomic E-state index is 12.2. The van der Waals surface area contributed by atoms with E-state index in [0.717, 1.165) is 27.9 Å². The van der Waals surface area contributed by atoms with E-state index in [1.165, 1.54) is 22.5 Å². The molecule has 1 atom stereocenters. The van der Waals surface area contributed by atoms with Gasteiger partial charge < -0.3 is 10.6 Å². The number of hydrogen-bond acceptors (Lipinski definition) is 3. The smallest absolute Gasteiger partial charge is 0.228 e. The normalized spacial score (nSPS) is 14.1. The highest BCUT2D eigenvalue weighted by molar-refractivity contribution is 7.16. The van der Waals surface area contributed by atoms with E-state index in [1.807, 2.05) is 19.1 Å². The Balaban J connectivity index is 0.00000176. The molecule has 0 saturated carbocycles. The van der Waals surface area contributed by atoms with E-state index < -0.39 is 0 Å². The van der Waals surface area contributed by atoms with Gasteiger partial charge in [0.05, 0.1) is 10.3 Å². The first-order valence-electron chi connectivity index (χ1n) is 6.98. The van der Waals surface area contributed by atoms with Crippen LogP contribution in [-0.4, -0.2) is 5.91 Å². The molecule has 1 aliphatic heterocycles. The number of thiophene rings is 1. The first kappa shape index (κ1) is 17.3. The van der Waals surface area contributed by atoms with Crippen LogP contribution >= 0.6 is 35.3 Å². The maximum absolute atomic E-state index is 12.2. The van der Waals surface area contributed by atoms with Crippen LogP contribution in [0.2, 0.25) is 4.34 Å². The molecule has 0 radical (unpaired) electrons. The zero-order chi connectivity index (χ0) is 14.8. The third kappa shape index (κ3) is 3.82. The number of rotatable bonds is 4. The van der Waals surface area contributed by atoms with Gasteiger partial charge in [-0.2, -0.15) is 0 Å². The SMILES string of the molecule is CC(C(=O)NCc1ccc2c(c1)CNC2)c1ccc(Cl)s1.Cl. The van der Waals surface area contributed by atoms with Crippen molar-refractivity contribution in [2.75, 3.05) is 0 Å². The molecule has 1 aliphatic rings. The molecule has 0 saturated heterocycles. The molecule has 2 aromatic rings. The third-order valence-electron chi connectivity index (χ3n) is 3.78. The molecule has 3 rings (SSSR count). The van der Waals surface area contributed by atoms with Gasteiger partial charge in [-0.05, 0) is 35.7 Å². The molecule has 1 aromatic carbocycles. The fourth-order valence-corrected chi connectivity index (χ4v) is 3.60. The van der Waals surface area contributed by atoms with Crippen molar-refractivity contribution in [3.8, 4) is 0 Å². The summed E-state index contributed by atoms with van der Waals surface area (Å²) in [6.45, 7) is 4.33. The minimum atomic E-state index is -0.168.